The minimum Gasteiger partial charge on any atom is -0.368 e. The molecular weight excluding hydrogens is 228 g/mol. The molecule has 0 saturated heterocycles. The first kappa shape index (κ1) is 14.4. The van der Waals surface area contributed by atoms with Crippen LogP contribution in [0.1, 0.15) is 31.3 Å². The third-order valence-electron chi connectivity index (χ3n) is 3.03. The van der Waals surface area contributed by atoms with Crippen molar-refractivity contribution in [3.05, 3.63) is 17.8 Å². The molecule has 5 nitrogen and oxygen atoms in total. The van der Waals surface area contributed by atoms with Crippen molar-refractivity contribution >= 4 is 11.7 Å². The molecule has 5 heteroatoms. The van der Waals surface area contributed by atoms with Crippen LogP contribution >= 0.6 is 0 Å². The highest BCUT2D eigenvalue weighted by Crippen LogP contribution is 2.11. The van der Waals surface area contributed by atoms with E-state index in [1.165, 1.54) is 4.90 Å². The van der Waals surface area contributed by atoms with E-state index in [0.717, 1.165) is 6.54 Å². The largest absolute Gasteiger partial charge is 0.368 e. The van der Waals surface area contributed by atoms with E-state index in [1.54, 1.807) is 26.2 Å². The van der Waals surface area contributed by atoms with Crippen molar-refractivity contribution in [1.29, 1.82) is 0 Å². The van der Waals surface area contributed by atoms with Crippen LogP contribution in [0.25, 0.3) is 0 Å². The van der Waals surface area contributed by atoms with Crippen molar-refractivity contribution < 1.29 is 4.79 Å². The Labute approximate surface area is 109 Å². The van der Waals surface area contributed by atoms with Gasteiger partial charge >= 0.3 is 0 Å². The van der Waals surface area contributed by atoms with E-state index in [0.29, 0.717) is 23.3 Å². The first-order valence-corrected chi connectivity index (χ1v) is 6.21. The zero-order chi connectivity index (χ0) is 13.7. The Morgan fingerprint density at radius 3 is 2.39 bits per heavy atom. The lowest BCUT2D eigenvalue weighted by Gasteiger charge is -2.16. The van der Waals surface area contributed by atoms with Gasteiger partial charge in [-0.3, -0.25) is 4.79 Å². The van der Waals surface area contributed by atoms with Crippen LogP contribution in [0.5, 0.6) is 0 Å². The minimum absolute atomic E-state index is 0.135. The standard InChI is InChI=1S/C13H22N4O/c1-9(2)10(3)8-14-12-7-6-11(15-16-12)13(18)17(4)5/h6-7,9-10H,8H2,1-5H3,(H,14,16). The average molecular weight is 250 g/mol. The van der Waals surface area contributed by atoms with Crippen molar-refractivity contribution in [2.75, 3.05) is 26.0 Å². The van der Waals surface area contributed by atoms with Crippen molar-refractivity contribution in [1.82, 2.24) is 15.1 Å². The number of hydrogen-bond donors (Lipinski definition) is 1. The molecule has 100 valence electrons. The summed E-state index contributed by atoms with van der Waals surface area (Å²) in [6.45, 7) is 7.43. The smallest absolute Gasteiger partial charge is 0.273 e. The van der Waals surface area contributed by atoms with Crippen LogP contribution in [0.15, 0.2) is 12.1 Å². The lowest BCUT2D eigenvalue weighted by atomic mass is 9.98. The number of anilines is 1. The lowest BCUT2D eigenvalue weighted by molar-refractivity contribution is 0.0821. The van der Waals surface area contributed by atoms with Gasteiger partial charge in [-0.15, -0.1) is 10.2 Å². The van der Waals surface area contributed by atoms with E-state index < -0.39 is 0 Å². The Bertz CT molecular complexity index is 386. The summed E-state index contributed by atoms with van der Waals surface area (Å²) in [5.41, 5.74) is 0.363. The van der Waals surface area contributed by atoms with Gasteiger partial charge in [-0.1, -0.05) is 20.8 Å². The Morgan fingerprint density at radius 1 is 1.28 bits per heavy atom. The van der Waals surface area contributed by atoms with Gasteiger partial charge in [-0.05, 0) is 24.0 Å². The summed E-state index contributed by atoms with van der Waals surface area (Å²) in [6, 6.07) is 3.48. The molecule has 1 amide bonds. The molecule has 1 unspecified atom stereocenters. The van der Waals surface area contributed by atoms with Gasteiger partial charge in [0, 0.05) is 20.6 Å². The maximum Gasteiger partial charge on any atom is 0.273 e. The SMILES string of the molecule is CC(C)C(C)CNc1ccc(C(=O)N(C)C)nn1. The van der Waals surface area contributed by atoms with Crippen LogP contribution < -0.4 is 5.32 Å². The van der Waals surface area contributed by atoms with Crippen LogP contribution in [0.2, 0.25) is 0 Å². The molecule has 0 saturated carbocycles. The number of amides is 1. The predicted octanol–water partition coefficient (Wildman–Crippen LogP) is 1.88. The summed E-state index contributed by atoms with van der Waals surface area (Å²) in [5.74, 6) is 1.76. The van der Waals surface area contributed by atoms with E-state index in [9.17, 15) is 4.79 Å². The van der Waals surface area contributed by atoms with Gasteiger partial charge in [-0.25, -0.2) is 0 Å². The number of carbonyl (C=O) groups excluding carboxylic acids is 1. The molecule has 1 N–H and O–H groups in total. The van der Waals surface area contributed by atoms with E-state index >= 15 is 0 Å². The lowest BCUT2D eigenvalue weighted by Crippen LogP contribution is -2.23. The highest BCUT2D eigenvalue weighted by atomic mass is 16.2. The fourth-order valence-corrected chi connectivity index (χ4v) is 1.27. The van der Waals surface area contributed by atoms with Crippen molar-refractivity contribution in [3.63, 3.8) is 0 Å². The number of hydrogen-bond acceptors (Lipinski definition) is 4. The van der Waals surface area contributed by atoms with Crippen LogP contribution in [-0.4, -0.2) is 41.6 Å². The Hall–Kier alpha value is -1.65. The van der Waals surface area contributed by atoms with Crippen molar-refractivity contribution in [3.8, 4) is 0 Å². The quantitative estimate of drug-likeness (QED) is 0.867. The summed E-state index contributed by atoms with van der Waals surface area (Å²) < 4.78 is 0. The molecule has 0 spiro atoms. The fraction of sp³-hybridized carbons (Fsp3) is 0.615. The monoisotopic (exact) mass is 250 g/mol. The number of rotatable bonds is 5. The van der Waals surface area contributed by atoms with E-state index in [2.05, 4.69) is 36.3 Å². The molecule has 0 bridgehead atoms. The molecular formula is C13H22N4O. The third kappa shape index (κ3) is 3.98. The zero-order valence-corrected chi connectivity index (χ0v) is 11.8. The van der Waals surface area contributed by atoms with Gasteiger partial charge in [0.2, 0.25) is 0 Å². The third-order valence-corrected chi connectivity index (χ3v) is 3.03. The number of aromatic nitrogens is 2. The molecule has 0 aliphatic carbocycles. The maximum absolute atomic E-state index is 11.6. The molecule has 0 aliphatic rings. The van der Waals surface area contributed by atoms with Crippen molar-refractivity contribution in [2.45, 2.75) is 20.8 Å². The summed E-state index contributed by atoms with van der Waals surface area (Å²) in [4.78, 5) is 13.1. The molecule has 1 heterocycles. The highest BCUT2D eigenvalue weighted by Gasteiger charge is 2.11. The van der Waals surface area contributed by atoms with Gasteiger partial charge < -0.3 is 10.2 Å². The Kier molecular flexibility index (Phi) is 5.07. The summed E-state index contributed by atoms with van der Waals surface area (Å²) in [5, 5.41) is 11.1. The number of nitrogens with one attached hydrogen (secondary N) is 1. The first-order chi connectivity index (χ1) is 8.41. The zero-order valence-electron chi connectivity index (χ0n) is 11.8. The molecule has 1 aromatic rings. The van der Waals surface area contributed by atoms with E-state index in [-0.39, 0.29) is 5.91 Å². The van der Waals surface area contributed by atoms with E-state index in [1.807, 2.05) is 0 Å². The molecule has 1 aromatic heterocycles. The predicted molar refractivity (Wildman–Crippen MR) is 72.5 cm³/mol. The van der Waals surface area contributed by atoms with Gasteiger partial charge in [0.05, 0.1) is 0 Å². The number of carbonyl (C=O) groups is 1. The second-order valence-corrected chi connectivity index (χ2v) is 5.11. The second-order valence-electron chi connectivity index (χ2n) is 5.11. The Morgan fingerprint density at radius 2 is 1.94 bits per heavy atom. The highest BCUT2D eigenvalue weighted by molar-refractivity contribution is 5.91. The number of nitrogens with zero attached hydrogens (tertiary/aromatic N) is 3. The van der Waals surface area contributed by atoms with Gasteiger partial charge in [0.15, 0.2) is 5.69 Å². The van der Waals surface area contributed by atoms with Crippen LogP contribution in [-0.2, 0) is 0 Å². The summed E-state index contributed by atoms with van der Waals surface area (Å²) in [6.07, 6.45) is 0. The molecule has 0 aliphatic heterocycles. The maximum atomic E-state index is 11.6. The minimum atomic E-state index is -0.135. The molecule has 18 heavy (non-hydrogen) atoms. The van der Waals surface area contributed by atoms with Gasteiger partial charge in [0.25, 0.3) is 5.91 Å². The molecule has 0 aromatic carbocycles. The van der Waals surface area contributed by atoms with Crippen LogP contribution in [0, 0.1) is 11.8 Å². The van der Waals surface area contributed by atoms with Crippen LogP contribution in [0.4, 0.5) is 5.82 Å². The second kappa shape index (κ2) is 6.33. The summed E-state index contributed by atoms with van der Waals surface area (Å²) in [7, 11) is 3.39. The summed E-state index contributed by atoms with van der Waals surface area (Å²) >= 11 is 0. The Balaban J connectivity index is 2.58. The van der Waals surface area contributed by atoms with Crippen LogP contribution in [0.3, 0.4) is 0 Å². The van der Waals surface area contributed by atoms with E-state index in [4.69, 9.17) is 0 Å². The van der Waals surface area contributed by atoms with Gasteiger partial charge in [0.1, 0.15) is 5.82 Å². The average Bonchev–Trinajstić information content (AvgIpc) is 2.35. The molecule has 0 radical (unpaired) electrons. The normalized spacial score (nSPS) is 12.3. The molecule has 1 rings (SSSR count). The topological polar surface area (TPSA) is 58.1 Å². The first-order valence-electron chi connectivity index (χ1n) is 6.21. The fourth-order valence-electron chi connectivity index (χ4n) is 1.27. The van der Waals surface area contributed by atoms with Crippen molar-refractivity contribution in [2.24, 2.45) is 11.8 Å². The van der Waals surface area contributed by atoms with Gasteiger partial charge in [-0.2, -0.15) is 0 Å². The molecule has 0 fully saturated rings. The molecule has 1 atom stereocenters.